The lowest BCUT2D eigenvalue weighted by molar-refractivity contribution is -0.139. The van der Waals surface area contributed by atoms with E-state index in [1.165, 1.54) is 11.8 Å². The van der Waals surface area contributed by atoms with Gasteiger partial charge in [0.05, 0.1) is 0 Å². The molecule has 0 spiro atoms. The van der Waals surface area contributed by atoms with Gasteiger partial charge in [-0.05, 0) is 71.5 Å². The monoisotopic (exact) mass is 508 g/mol. The van der Waals surface area contributed by atoms with Gasteiger partial charge in [-0.3, -0.25) is 0 Å². The quantitative estimate of drug-likeness (QED) is 0.187. The number of hydrogen-bond acceptors (Lipinski definition) is 3. The number of benzene rings is 4. The molecule has 1 atom stereocenters. The molecule has 1 unspecified atom stereocenters. The van der Waals surface area contributed by atoms with Crippen LogP contribution in [0.15, 0.2) is 89.8 Å². The fourth-order valence-corrected chi connectivity index (χ4v) is 5.14. The predicted octanol–water partition coefficient (Wildman–Crippen LogP) is 7.62. The zero-order valence-corrected chi connectivity index (χ0v) is 20.2. The Labute approximate surface area is 211 Å². The van der Waals surface area contributed by atoms with Gasteiger partial charge in [0.25, 0.3) is 0 Å². The molecule has 0 saturated carbocycles. The Morgan fingerprint density at radius 3 is 2.14 bits per heavy atom. The molecule has 4 aromatic carbocycles. The van der Waals surface area contributed by atoms with Crippen LogP contribution >= 0.6 is 11.8 Å². The summed E-state index contributed by atoms with van der Waals surface area (Å²) in [7, 11) is 0. The van der Waals surface area contributed by atoms with Crippen molar-refractivity contribution in [2.75, 3.05) is 6.61 Å². The molecule has 0 amide bonds. The van der Waals surface area contributed by atoms with Crippen LogP contribution in [-0.2, 0) is 11.2 Å². The highest BCUT2D eigenvalue weighted by Gasteiger charge is 2.19. The van der Waals surface area contributed by atoms with Crippen LogP contribution in [0.3, 0.4) is 0 Å². The normalized spacial score (nSPS) is 11.8. The minimum atomic E-state index is -1.48. The van der Waals surface area contributed by atoms with Crippen LogP contribution in [0.1, 0.15) is 21.9 Å². The van der Waals surface area contributed by atoms with Gasteiger partial charge in [-0.15, -0.1) is 11.8 Å². The average molecular weight is 509 g/mol. The van der Waals surface area contributed by atoms with Crippen molar-refractivity contribution in [1.29, 1.82) is 0 Å². The van der Waals surface area contributed by atoms with E-state index >= 15 is 0 Å². The van der Waals surface area contributed by atoms with E-state index in [1.54, 1.807) is 6.07 Å². The Balaban J connectivity index is 1.63. The molecule has 4 aromatic rings. The number of aryl methyl sites for hydroxylation is 1. The summed E-state index contributed by atoms with van der Waals surface area (Å²) in [6.07, 6.45) is 0.264. The number of rotatable bonds is 9. The van der Waals surface area contributed by atoms with E-state index in [9.17, 15) is 18.0 Å². The van der Waals surface area contributed by atoms with Crippen molar-refractivity contribution in [3.63, 3.8) is 0 Å². The van der Waals surface area contributed by atoms with Crippen LogP contribution in [0, 0.1) is 24.4 Å². The van der Waals surface area contributed by atoms with Crippen molar-refractivity contribution >= 4 is 17.7 Å². The number of carboxylic acid groups (broad SMARTS) is 1. The molecule has 3 nitrogen and oxygen atoms in total. The molecular formula is C29H23F3O3S. The Morgan fingerprint density at radius 2 is 1.53 bits per heavy atom. The van der Waals surface area contributed by atoms with Crippen LogP contribution < -0.4 is 4.74 Å². The summed E-state index contributed by atoms with van der Waals surface area (Å²) in [5.41, 5.74) is 4.15. The molecule has 36 heavy (non-hydrogen) atoms. The third-order valence-corrected chi connectivity index (χ3v) is 6.88. The van der Waals surface area contributed by atoms with Crippen molar-refractivity contribution < 1.29 is 27.8 Å². The molecular weight excluding hydrogens is 485 g/mol. The highest BCUT2D eigenvalue weighted by atomic mass is 32.2. The molecule has 0 aliphatic rings. The molecule has 0 aliphatic heterocycles. The third kappa shape index (κ3) is 6.29. The van der Waals surface area contributed by atoms with Gasteiger partial charge >= 0.3 is 5.97 Å². The topological polar surface area (TPSA) is 46.5 Å². The van der Waals surface area contributed by atoms with Gasteiger partial charge < -0.3 is 9.84 Å². The van der Waals surface area contributed by atoms with Gasteiger partial charge in [0.2, 0.25) is 0 Å². The second kappa shape index (κ2) is 11.4. The number of aliphatic carboxylic acids is 1. The number of halogens is 3. The van der Waals surface area contributed by atoms with E-state index in [-0.39, 0.29) is 11.7 Å². The molecule has 0 heterocycles. The van der Waals surface area contributed by atoms with Crippen molar-refractivity contribution in [1.82, 2.24) is 0 Å². The molecule has 0 saturated heterocycles. The van der Waals surface area contributed by atoms with Crippen LogP contribution in [0.4, 0.5) is 13.2 Å². The van der Waals surface area contributed by atoms with E-state index in [2.05, 4.69) is 0 Å². The average Bonchev–Trinajstić information content (AvgIpc) is 2.87. The van der Waals surface area contributed by atoms with Gasteiger partial charge in [0.15, 0.2) is 24.1 Å². The summed E-state index contributed by atoms with van der Waals surface area (Å²) in [5, 5.41) is 8.62. The first-order chi connectivity index (χ1) is 17.3. The molecule has 1 N–H and O–H groups in total. The molecule has 4 rings (SSSR count). The van der Waals surface area contributed by atoms with Crippen LogP contribution in [-0.4, -0.2) is 17.7 Å². The summed E-state index contributed by atoms with van der Waals surface area (Å²) in [6, 6.07) is 25.3. The number of carbonyl (C=O) groups is 1. The number of thioether (sulfide) groups is 1. The Kier molecular flexibility index (Phi) is 8.00. The van der Waals surface area contributed by atoms with Gasteiger partial charge in [-0.25, -0.2) is 18.0 Å². The largest absolute Gasteiger partial charge is 0.482 e. The first-order valence-electron chi connectivity index (χ1n) is 11.2. The fourth-order valence-electron chi connectivity index (χ4n) is 3.85. The van der Waals surface area contributed by atoms with E-state index in [1.807, 2.05) is 73.7 Å². The maximum atomic E-state index is 13.9. The summed E-state index contributed by atoms with van der Waals surface area (Å²) in [6.45, 7) is 1.38. The molecule has 0 aromatic heterocycles. The van der Waals surface area contributed by atoms with Crippen LogP contribution in [0.25, 0.3) is 11.1 Å². The van der Waals surface area contributed by atoms with Crippen molar-refractivity contribution in [3.8, 4) is 16.9 Å². The van der Waals surface area contributed by atoms with Gasteiger partial charge in [0.1, 0.15) is 5.75 Å². The van der Waals surface area contributed by atoms with E-state index in [0.717, 1.165) is 39.3 Å². The number of ether oxygens (including phenoxy) is 1. The third-order valence-electron chi connectivity index (χ3n) is 5.63. The molecule has 0 fully saturated rings. The highest BCUT2D eigenvalue weighted by molar-refractivity contribution is 7.99. The fraction of sp³-hybridized carbons (Fsp3) is 0.138. The van der Waals surface area contributed by atoms with Gasteiger partial charge in [-0.1, -0.05) is 54.6 Å². The number of hydrogen-bond donors (Lipinski definition) is 1. The Bertz CT molecular complexity index is 1340. The van der Waals surface area contributed by atoms with Crippen molar-refractivity contribution in [2.24, 2.45) is 0 Å². The Morgan fingerprint density at radius 1 is 0.889 bits per heavy atom. The summed E-state index contributed by atoms with van der Waals surface area (Å²) < 4.78 is 46.6. The second-order valence-electron chi connectivity index (χ2n) is 8.28. The molecule has 184 valence electrons. The zero-order valence-electron chi connectivity index (χ0n) is 19.4. The van der Waals surface area contributed by atoms with E-state index in [0.29, 0.717) is 11.3 Å². The van der Waals surface area contributed by atoms with Crippen molar-refractivity contribution in [2.45, 2.75) is 23.5 Å². The molecule has 0 bridgehead atoms. The second-order valence-corrected chi connectivity index (χ2v) is 9.56. The summed E-state index contributed by atoms with van der Waals surface area (Å²) >= 11 is 1.49. The van der Waals surface area contributed by atoms with Crippen LogP contribution in [0.2, 0.25) is 0 Å². The zero-order chi connectivity index (χ0) is 25.7. The molecule has 0 aliphatic carbocycles. The lowest BCUT2D eigenvalue weighted by Crippen LogP contribution is -2.10. The highest BCUT2D eigenvalue weighted by Crippen LogP contribution is 2.40. The summed E-state index contributed by atoms with van der Waals surface area (Å²) in [4.78, 5) is 11.7. The maximum Gasteiger partial charge on any atom is 0.341 e. The van der Waals surface area contributed by atoms with Crippen molar-refractivity contribution in [3.05, 3.63) is 119 Å². The number of carboxylic acids is 1. The molecule has 0 radical (unpaired) electrons. The van der Waals surface area contributed by atoms with Gasteiger partial charge in [0, 0.05) is 10.1 Å². The first kappa shape index (κ1) is 25.4. The standard InChI is InChI=1S/C29H23F3O3S/c1-18-13-23(11-12-26(18)35-17-28(33)34)36-27(16-19-14-24(30)29(32)25(31)15-19)22-9-7-21(8-10-22)20-5-3-2-4-6-20/h2-15,27H,16-17H2,1H3,(H,33,34). The van der Waals surface area contributed by atoms with Gasteiger partial charge in [-0.2, -0.15) is 0 Å². The molecule has 7 heteroatoms. The summed E-state index contributed by atoms with van der Waals surface area (Å²) in [5.74, 6) is -4.52. The minimum Gasteiger partial charge on any atom is -0.482 e. The SMILES string of the molecule is Cc1cc(SC(Cc2cc(F)c(F)c(F)c2)c2ccc(-c3ccccc3)cc2)ccc1OCC(=O)O. The predicted molar refractivity (Wildman–Crippen MR) is 135 cm³/mol. The van der Waals surface area contributed by atoms with E-state index < -0.39 is 30.0 Å². The lowest BCUT2D eigenvalue weighted by atomic mass is 10.00. The lowest BCUT2D eigenvalue weighted by Gasteiger charge is -2.19. The Hall–Kier alpha value is -3.71. The smallest absolute Gasteiger partial charge is 0.341 e. The maximum absolute atomic E-state index is 13.9. The minimum absolute atomic E-state index is 0.232. The van der Waals surface area contributed by atoms with E-state index in [4.69, 9.17) is 9.84 Å². The van der Waals surface area contributed by atoms with Crippen LogP contribution in [0.5, 0.6) is 5.75 Å². The first-order valence-corrected chi connectivity index (χ1v) is 12.1.